The molecule has 6 nitrogen and oxygen atoms in total. The summed E-state index contributed by atoms with van der Waals surface area (Å²) in [5.74, 6) is 0.397. The Bertz CT molecular complexity index is 1160. The Balaban J connectivity index is 1.39. The summed E-state index contributed by atoms with van der Waals surface area (Å²) in [5.41, 5.74) is 3.65. The molecule has 1 aromatic heterocycles. The van der Waals surface area contributed by atoms with Crippen molar-refractivity contribution in [3.05, 3.63) is 95.8 Å². The lowest BCUT2D eigenvalue weighted by molar-refractivity contribution is 0.0949. The highest BCUT2D eigenvalue weighted by Gasteiger charge is 2.11. The van der Waals surface area contributed by atoms with Crippen molar-refractivity contribution in [2.45, 2.75) is 6.54 Å². The average Bonchev–Trinajstić information content (AvgIpc) is 3.09. The van der Waals surface area contributed by atoms with Gasteiger partial charge in [-0.25, -0.2) is 4.98 Å². The number of aromatic nitrogens is 2. The van der Waals surface area contributed by atoms with Crippen molar-refractivity contribution in [1.82, 2.24) is 14.9 Å². The van der Waals surface area contributed by atoms with Gasteiger partial charge in [-0.2, -0.15) is 0 Å². The summed E-state index contributed by atoms with van der Waals surface area (Å²) in [5, 5.41) is 5.71. The number of amides is 2. The van der Waals surface area contributed by atoms with Crippen molar-refractivity contribution in [3.63, 3.8) is 0 Å². The molecule has 144 valence electrons. The van der Waals surface area contributed by atoms with Gasteiger partial charge in [0.25, 0.3) is 11.8 Å². The maximum atomic E-state index is 12.5. The van der Waals surface area contributed by atoms with Crippen LogP contribution in [0.4, 0.5) is 5.69 Å². The molecule has 6 heteroatoms. The van der Waals surface area contributed by atoms with Crippen molar-refractivity contribution < 1.29 is 9.59 Å². The van der Waals surface area contributed by atoms with E-state index in [2.05, 4.69) is 15.6 Å². The minimum atomic E-state index is -0.196. The zero-order valence-corrected chi connectivity index (χ0v) is 15.9. The summed E-state index contributed by atoms with van der Waals surface area (Å²) in [6, 6.07) is 23.6. The molecular formula is C23H20N4O2. The molecule has 2 N–H and O–H groups in total. The molecule has 29 heavy (non-hydrogen) atoms. The Morgan fingerprint density at radius 1 is 0.828 bits per heavy atom. The van der Waals surface area contributed by atoms with Crippen molar-refractivity contribution >= 4 is 28.5 Å². The highest BCUT2D eigenvalue weighted by molar-refractivity contribution is 6.04. The van der Waals surface area contributed by atoms with Gasteiger partial charge < -0.3 is 15.2 Å². The molecule has 0 saturated carbocycles. The first kappa shape index (κ1) is 18.4. The largest absolute Gasteiger partial charge is 0.345 e. The third-order valence-electron chi connectivity index (χ3n) is 4.73. The van der Waals surface area contributed by atoms with Crippen LogP contribution in [0.2, 0.25) is 0 Å². The van der Waals surface area contributed by atoms with Crippen LogP contribution in [0.25, 0.3) is 11.0 Å². The van der Waals surface area contributed by atoms with Gasteiger partial charge in [-0.05, 0) is 48.5 Å². The van der Waals surface area contributed by atoms with Crippen LogP contribution in [-0.2, 0) is 13.6 Å². The molecule has 0 unspecified atom stereocenters. The number of hydrogen-bond donors (Lipinski definition) is 2. The first-order valence-corrected chi connectivity index (χ1v) is 9.27. The SMILES string of the molecule is Cn1c(CNC(=O)c2ccc(NC(=O)c3ccccc3)cc2)nc2ccccc21. The van der Waals surface area contributed by atoms with E-state index in [4.69, 9.17) is 0 Å². The van der Waals surface area contributed by atoms with Gasteiger partial charge in [-0.1, -0.05) is 30.3 Å². The number of aryl methyl sites for hydroxylation is 1. The van der Waals surface area contributed by atoms with Gasteiger partial charge in [0.15, 0.2) is 0 Å². The van der Waals surface area contributed by atoms with Gasteiger partial charge in [0.1, 0.15) is 5.82 Å². The lowest BCUT2D eigenvalue weighted by Gasteiger charge is -2.08. The van der Waals surface area contributed by atoms with Crippen LogP contribution in [0.15, 0.2) is 78.9 Å². The fourth-order valence-electron chi connectivity index (χ4n) is 3.11. The minimum Gasteiger partial charge on any atom is -0.345 e. The zero-order chi connectivity index (χ0) is 20.2. The van der Waals surface area contributed by atoms with E-state index < -0.39 is 0 Å². The molecule has 0 spiro atoms. The second kappa shape index (κ2) is 7.98. The Morgan fingerprint density at radius 2 is 1.48 bits per heavy atom. The number of fused-ring (bicyclic) bond motifs is 1. The molecule has 0 radical (unpaired) electrons. The Hall–Kier alpha value is -3.93. The first-order valence-electron chi connectivity index (χ1n) is 9.27. The third-order valence-corrected chi connectivity index (χ3v) is 4.73. The summed E-state index contributed by atoms with van der Waals surface area (Å²) < 4.78 is 1.97. The number of para-hydroxylation sites is 2. The van der Waals surface area contributed by atoms with Crippen LogP contribution in [0.3, 0.4) is 0 Å². The minimum absolute atomic E-state index is 0.190. The van der Waals surface area contributed by atoms with Crippen LogP contribution in [0.1, 0.15) is 26.5 Å². The summed E-state index contributed by atoms with van der Waals surface area (Å²) in [4.78, 5) is 29.2. The van der Waals surface area contributed by atoms with Crippen LogP contribution < -0.4 is 10.6 Å². The quantitative estimate of drug-likeness (QED) is 0.550. The molecule has 0 aliphatic rings. The third kappa shape index (κ3) is 4.01. The average molecular weight is 384 g/mol. The topological polar surface area (TPSA) is 76.0 Å². The number of nitrogens with zero attached hydrogens (tertiary/aromatic N) is 2. The number of imidazole rings is 1. The monoisotopic (exact) mass is 384 g/mol. The molecule has 2 amide bonds. The van der Waals surface area contributed by atoms with Gasteiger partial charge in [0.2, 0.25) is 0 Å². The Morgan fingerprint density at radius 3 is 2.21 bits per heavy atom. The van der Waals surface area contributed by atoms with E-state index in [-0.39, 0.29) is 11.8 Å². The molecule has 0 bridgehead atoms. The lowest BCUT2D eigenvalue weighted by Crippen LogP contribution is -2.24. The van der Waals surface area contributed by atoms with Crippen LogP contribution >= 0.6 is 0 Å². The van der Waals surface area contributed by atoms with E-state index in [9.17, 15) is 9.59 Å². The molecule has 0 fully saturated rings. The van der Waals surface area contributed by atoms with Gasteiger partial charge in [-0.3, -0.25) is 9.59 Å². The molecular weight excluding hydrogens is 364 g/mol. The molecule has 0 atom stereocenters. The van der Waals surface area contributed by atoms with Crippen molar-refractivity contribution in [1.29, 1.82) is 0 Å². The number of benzene rings is 3. The summed E-state index contributed by atoms with van der Waals surface area (Å²) in [7, 11) is 1.93. The number of carbonyl (C=O) groups excluding carboxylic acids is 2. The molecule has 0 aliphatic heterocycles. The molecule has 4 aromatic rings. The van der Waals surface area contributed by atoms with Crippen LogP contribution in [-0.4, -0.2) is 21.4 Å². The molecule has 0 saturated heterocycles. The molecule has 4 rings (SSSR count). The number of anilines is 1. The summed E-state index contributed by atoms with van der Waals surface area (Å²) in [6.07, 6.45) is 0. The zero-order valence-electron chi connectivity index (χ0n) is 15.9. The maximum Gasteiger partial charge on any atom is 0.255 e. The van der Waals surface area contributed by atoms with Gasteiger partial charge in [0, 0.05) is 23.9 Å². The Kier molecular flexibility index (Phi) is 5.07. The molecule has 1 heterocycles. The fraction of sp³-hybridized carbons (Fsp3) is 0.0870. The van der Waals surface area contributed by atoms with Crippen LogP contribution in [0, 0.1) is 0 Å². The summed E-state index contributed by atoms with van der Waals surface area (Å²) in [6.45, 7) is 0.330. The highest BCUT2D eigenvalue weighted by Crippen LogP contribution is 2.15. The van der Waals surface area contributed by atoms with Crippen LogP contribution in [0.5, 0.6) is 0 Å². The standard InChI is InChI=1S/C23H20N4O2/c1-27-20-10-6-5-9-19(20)26-21(27)15-24-22(28)17-11-13-18(14-12-17)25-23(29)16-7-3-2-4-8-16/h2-14H,15H2,1H3,(H,24,28)(H,25,29). The number of nitrogens with one attached hydrogen (secondary N) is 2. The number of hydrogen-bond acceptors (Lipinski definition) is 3. The number of rotatable bonds is 5. The molecule has 0 aliphatic carbocycles. The second-order valence-electron chi connectivity index (χ2n) is 6.66. The predicted molar refractivity (Wildman–Crippen MR) is 113 cm³/mol. The second-order valence-corrected chi connectivity index (χ2v) is 6.66. The fourth-order valence-corrected chi connectivity index (χ4v) is 3.11. The van der Waals surface area contributed by atoms with E-state index in [0.717, 1.165) is 16.9 Å². The number of carbonyl (C=O) groups is 2. The first-order chi connectivity index (χ1) is 14.1. The van der Waals surface area contributed by atoms with Crippen molar-refractivity contribution in [3.8, 4) is 0 Å². The smallest absolute Gasteiger partial charge is 0.255 e. The van der Waals surface area contributed by atoms with Crippen molar-refractivity contribution in [2.75, 3.05) is 5.32 Å². The maximum absolute atomic E-state index is 12.5. The van der Waals surface area contributed by atoms with E-state index in [1.54, 1.807) is 36.4 Å². The van der Waals surface area contributed by atoms with Gasteiger partial charge >= 0.3 is 0 Å². The van der Waals surface area contributed by atoms with E-state index in [1.165, 1.54) is 0 Å². The Labute approximate surface area is 168 Å². The predicted octanol–water partition coefficient (Wildman–Crippen LogP) is 3.76. The lowest BCUT2D eigenvalue weighted by atomic mass is 10.1. The summed E-state index contributed by atoms with van der Waals surface area (Å²) >= 11 is 0. The van der Waals surface area contributed by atoms with E-state index in [0.29, 0.717) is 23.4 Å². The molecule has 3 aromatic carbocycles. The van der Waals surface area contributed by atoms with E-state index >= 15 is 0 Å². The van der Waals surface area contributed by atoms with Crippen molar-refractivity contribution in [2.24, 2.45) is 7.05 Å². The van der Waals surface area contributed by atoms with E-state index in [1.807, 2.05) is 54.1 Å². The highest BCUT2D eigenvalue weighted by atomic mass is 16.2. The van der Waals surface area contributed by atoms with Gasteiger partial charge in [0.05, 0.1) is 17.6 Å². The normalized spacial score (nSPS) is 10.7. The van der Waals surface area contributed by atoms with Gasteiger partial charge in [-0.15, -0.1) is 0 Å².